The van der Waals surface area contributed by atoms with Crippen LogP contribution in [-0.4, -0.2) is 112 Å². The lowest BCUT2D eigenvalue weighted by Crippen LogP contribution is -2.63. The number of fused-ring (bicyclic) bond motifs is 18. The molecule has 2 fully saturated rings. The monoisotopic (exact) mass is 856 g/mol. The van der Waals surface area contributed by atoms with E-state index in [2.05, 4.69) is 19.9 Å². The van der Waals surface area contributed by atoms with Gasteiger partial charge in [0.2, 0.25) is 11.6 Å². The van der Waals surface area contributed by atoms with Crippen LogP contribution in [0.4, 0.5) is 9.59 Å². The molecule has 12 rings (SSSR count). The molecular formula is C48H44N10O6. The number of nitrogens with one attached hydrogen (secondary N) is 2. The number of hydrogen-bond donors (Lipinski definition) is 6. The summed E-state index contributed by atoms with van der Waals surface area (Å²) in [5.41, 5.74) is 17.3. The van der Waals surface area contributed by atoms with Gasteiger partial charge in [0.05, 0.1) is 35.6 Å². The molecule has 4 aromatic carbocycles. The largest absolute Gasteiger partial charge is 0.392 e. The summed E-state index contributed by atoms with van der Waals surface area (Å²) < 4.78 is 0. The van der Waals surface area contributed by atoms with Gasteiger partial charge in [-0.25, -0.2) is 19.6 Å². The van der Waals surface area contributed by atoms with Gasteiger partial charge in [0.25, 0.3) is 0 Å². The van der Waals surface area contributed by atoms with E-state index >= 15 is 9.59 Å². The molecule has 0 saturated carbocycles. The second-order valence-corrected chi connectivity index (χ2v) is 17.6. The highest BCUT2D eigenvalue weighted by Crippen LogP contribution is 2.59. The maximum absolute atomic E-state index is 15.3. The second kappa shape index (κ2) is 13.3. The van der Waals surface area contributed by atoms with Gasteiger partial charge in [-0.3, -0.25) is 29.2 Å². The van der Waals surface area contributed by atoms with Crippen molar-refractivity contribution in [2.75, 3.05) is 26.2 Å². The number of carbonyl (C=O) groups excluding carboxylic acids is 4. The molecule has 0 aliphatic carbocycles. The number of aliphatic hydroxyl groups excluding tert-OH is 2. The first-order valence-corrected chi connectivity index (χ1v) is 21.7. The van der Waals surface area contributed by atoms with Crippen LogP contribution in [0, 0.1) is 0 Å². The van der Waals surface area contributed by atoms with Crippen LogP contribution in [0.1, 0.15) is 81.7 Å². The van der Waals surface area contributed by atoms with E-state index in [1.807, 2.05) is 58.3 Å². The summed E-state index contributed by atoms with van der Waals surface area (Å²) in [6, 6.07) is 19.7. The molecule has 64 heavy (non-hydrogen) atoms. The number of ketones is 2. The zero-order chi connectivity index (χ0) is 44.1. The average molecular weight is 857 g/mol. The van der Waals surface area contributed by atoms with E-state index in [-0.39, 0.29) is 49.8 Å². The number of hydrogen-bond acceptors (Lipinski definition) is 10. The molecule has 16 heteroatoms. The van der Waals surface area contributed by atoms with Gasteiger partial charge in [-0.15, -0.1) is 0 Å². The van der Waals surface area contributed by atoms with Gasteiger partial charge in [-0.1, -0.05) is 72.8 Å². The smallest absolute Gasteiger partial charge is 0.316 e. The van der Waals surface area contributed by atoms with Gasteiger partial charge < -0.3 is 31.6 Å². The summed E-state index contributed by atoms with van der Waals surface area (Å²) in [7, 11) is 0. The first kappa shape index (κ1) is 38.7. The zero-order valence-corrected chi connectivity index (χ0v) is 35.0. The van der Waals surface area contributed by atoms with Gasteiger partial charge in [0.1, 0.15) is 11.3 Å². The number of likely N-dealkylation sites (N-methyl/N-ethyl adjacent to an activating group) is 2. The van der Waals surface area contributed by atoms with Gasteiger partial charge in [0.15, 0.2) is 11.3 Å². The third-order valence-electron chi connectivity index (χ3n) is 14.7. The van der Waals surface area contributed by atoms with E-state index in [4.69, 9.17) is 11.5 Å². The van der Waals surface area contributed by atoms with Gasteiger partial charge in [-0.2, -0.15) is 0 Å². The van der Waals surface area contributed by atoms with Crippen LogP contribution in [0.5, 0.6) is 0 Å². The van der Waals surface area contributed by atoms with Crippen molar-refractivity contribution in [2.45, 2.75) is 62.3 Å². The van der Waals surface area contributed by atoms with E-state index in [1.165, 1.54) is 9.80 Å². The number of benzene rings is 4. The fourth-order valence-electron chi connectivity index (χ4n) is 12.3. The van der Waals surface area contributed by atoms with E-state index in [1.54, 1.807) is 50.5 Å². The number of imidazole rings is 2. The molecule has 0 spiro atoms. The molecule has 8 aromatic rings. The van der Waals surface area contributed by atoms with Crippen molar-refractivity contribution in [2.24, 2.45) is 11.5 Å². The molecule has 2 saturated heterocycles. The molecule has 4 bridgehead atoms. The molecule has 4 aliphatic rings. The summed E-state index contributed by atoms with van der Waals surface area (Å²) in [5, 5.41) is 25.9. The number of nitrogens with zero attached hydrogens (tertiary/aromatic N) is 6. The maximum Gasteiger partial charge on any atom is 0.316 e. The molecule has 4 aliphatic heterocycles. The first-order chi connectivity index (χ1) is 30.9. The van der Waals surface area contributed by atoms with Crippen molar-refractivity contribution in [3.05, 3.63) is 119 Å². The van der Waals surface area contributed by atoms with Crippen molar-refractivity contribution < 1.29 is 29.4 Å². The van der Waals surface area contributed by atoms with Crippen LogP contribution >= 0.6 is 0 Å². The maximum atomic E-state index is 15.3. The SMILES string of the molecule is CCN(C(N)=O)C1(C(=O)c2ccc(-c3ccc(C(=O)C4(N(CC)C(N)=O)c5ccc6c7cnc([nH]7)c6c5C5C[C@@H](O)CN54)cc3)cc2)c2ccc3c4cnc([nH]4)c3c2C2C[C@@H](O)CN21. The zero-order valence-electron chi connectivity index (χ0n) is 35.0. The number of amides is 4. The number of pyridine rings is 2. The van der Waals surface area contributed by atoms with E-state index in [0.717, 1.165) is 54.8 Å². The normalized spacial score (nSPS) is 25.1. The van der Waals surface area contributed by atoms with Crippen LogP contribution < -0.4 is 11.5 Å². The average Bonchev–Trinajstić information content (AvgIpc) is 4.18. The fraction of sp³-hybridized carbons (Fsp3) is 0.292. The Morgan fingerprint density at radius 2 is 1.03 bits per heavy atom. The van der Waals surface area contributed by atoms with Gasteiger partial charge in [-0.05, 0) is 48.9 Å². The Balaban J connectivity index is 0.922. The number of urea groups is 2. The lowest BCUT2D eigenvalue weighted by atomic mass is 9.85. The molecule has 0 radical (unpaired) electrons. The van der Waals surface area contributed by atoms with E-state index in [9.17, 15) is 19.8 Å². The summed E-state index contributed by atoms with van der Waals surface area (Å²) in [4.78, 5) is 80.0. The quantitative estimate of drug-likeness (QED) is 0.101. The molecule has 8 heterocycles. The topological polar surface area (TPSA) is 231 Å². The van der Waals surface area contributed by atoms with Crippen LogP contribution in [0.25, 0.3) is 55.0 Å². The Bertz CT molecular complexity index is 3040. The Labute approximate surface area is 365 Å². The molecule has 4 amide bonds. The highest BCUT2D eigenvalue weighted by atomic mass is 16.3. The molecule has 16 nitrogen and oxygen atoms in total. The summed E-state index contributed by atoms with van der Waals surface area (Å²) in [6.45, 7) is 4.16. The summed E-state index contributed by atoms with van der Waals surface area (Å²) >= 11 is 0. The number of rotatable bonds is 9. The van der Waals surface area contributed by atoms with Crippen LogP contribution in [0.15, 0.2) is 85.2 Å². The Morgan fingerprint density at radius 1 is 0.641 bits per heavy atom. The number of Topliss-reactive ketones (excluding diaryl/α,β-unsaturated/α-hetero) is 2. The van der Waals surface area contributed by atoms with Crippen molar-refractivity contribution >= 4 is 67.5 Å². The number of primary amides is 2. The molecule has 6 atom stereocenters. The minimum absolute atomic E-state index is 0.138. The van der Waals surface area contributed by atoms with Crippen LogP contribution in [0.3, 0.4) is 0 Å². The van der Waals surface area contributed by atoms with E-state index < -0.39 is 35.6 Å². The molecule has 322 valence electrons. The molecule has 8 N–H and O–H groups in total. The molecular weight excluding hydrogens is 813 g/mol. The Morgan fingerprint density at radius 3 is 1.39 bits per heavy atom. The lowest BCUT2D eigenvalue weighted by molar-refractivity contribution is -0.0138. The van der Waals surface area contributed by atoms with Crippen LogP contribution in [-0.2, 0) is 11.3 Å². The fourth-order valence-corrected chi connectivity index (χ4v) is 12.3. The standard InChI is InChI=1S/C48H44N10O6/c1-3-55(45(49)63)47(31-15-13-29-33-19-51-43(53-33)37(29)39(31)35-17-27(59)21-57(35)47)41(61)25-9-5-23(6-10-25)24-7-11-26(12-8-24)42(62)48(56(4-2)46(50)64)32-16-14-30-34-20-52-44(54-34)38(30)40(32)36-18-28(60)22-58(36)48/h5-16,19-20,27-28,35-36,59-60H,3-4,17-18,21-22H2,1-2H3,(H2,49,63)(H2,50,64)(H,51,53)(H,52,54)/t27-,28-,35?,36?,47?,48?/m1/s1. The van der Waals surface area contributed by atoms with Crippen molar-refractivity contribution in [1.82, 2.24) is 39.5 Å². The predicted molar refractivity (Wildman–Crippen MR) is 238 cm³/mol. The van der Waals surface area contributed by atoms with Gasteiger partial charge in [0, 0.05) is 82.1 Å². The van der Waals surface area contributed by atoms with Crippen LogP contribution in [0.2, 0.25) is 0 Å². The van der Waals surface area contributed by atoms with Crippen molar-refractivity contribution in [3.8, 4) is 11.1 Å². The predicted octanol–water partition coefficient (Wildman–Crippen LogP) is 5.40. The van der Waals surface area contributed by atoms with E-state index in [0.29, 0.717) is 46.4 Å². The number of aromatic nitrogens is 4. The highest BCUT2D eigenvalue weighted by molar-refractivity contribution is 6.14. The number of carbonyl (C=O) groups is 4. The number of aromatic amines is 2. The Kier molecular flexibility index (Phi) is 8.02. The third-order valence-corrected chi connectivity index (χ3v) is 14.7. The first-order valence-electron chi connectivity index (χ1n) is 21.7. The van der Waals surface area contributed by atoms with Gasteiger partial charge >= 0.3 is 12.1 Å². The molecule has 4 unspecified atom stereocenters. The van der Waals surface area contributed by atoms with Crippen molar-refractivity contribution in [3.63, 3.8) is 0 Å². The minimum Gasteiger partial charge on any atom is -0.392 e. The number of H-pyrrole nitrogens is 2. The number of nitrogens with two attached hydrogens (primary N) is 2. The summed E-state index contributed by atoms with van der Waals surface area (Å²) in [5.74, 6) is -0.702. The molecule has 4 aromatic heterocycles. The minimum atomic E-state index is -1.63. The highest BCUT2D eigenvalue weighted by Gasteiger charge is 2.64. The third kappa shape index (κ3) is 4.69. The second-order valence-electron chi connectivity index (χ2n) is 17.6. The number of aliphatic hydroxyl groups is 2. The summed E-state index contributed by atoms with van der Waals surface area (Å²) in [6.07, 6.45) is 2.83. The Hall–Kier alpha value is -6.98. The lowest BCUT2D eigenvalue weighted by Gasteiger charge is -2.45. The van der Waals surface area contributed by atoms with Crippen molar-refractivity contribution in [1.29, 1.82) is 0 Å².